The van der Waals surface area contributed by atoms with E-state index in [0.717, 1.165) is 10.00 Å². The van der Waals surface area contributed by atoms with Gasteiger partial charge in [-0.2, -0.15) is 5.10 Å². The van der Waals surface area contributed by atoms with E-state index in [9.17, 15) is 8.42 Å². The van der Waals surface area contributed by atoms with E-state index in [1.54, 1.807) is 48.4 Å². The Labute approximate surface area is 198 Å². The molecule has 12 heteroatoms. The highest BCUT2D eigenvalue weighted by Gasteiger charge is 2.34. The zero-order valence-electron chi connectivity index (χ0n) is 17.5. The molecular formula is C21H18ClFN6O2S2. The first-order valence-electron chi connectivity index (χ1n) is 9.82. The van der Waals surface area contributed by atoms with Crippen molar-refractivity contribution in [1.82, 2.24) is 19.1 Å². The number of hydrogen-bond acceptors (Lipinski definition) is 7. The van der Waals surface area contributed by atoms with Gasteiger partial charge in [0.1, 0.15) is 11.9 Å². The van der Waals surface area contributed by atoms with Crippen LogP contribution >= 0.6 is 22.9 Å². The fraction of sp³-hybridized carbons (Fsp3) is 0.190. The second kappa shape index (κ2) is 7.79. The molecule has 0 bridgehead atoms. The van der Waals surface area contributed by atoms with Crippen LogP contribution in [0.4, 0.5) is 4.39 Å². The highest BCUT2D eigenvalue weighted by Crippen LogP contribution is 2.45. The number of hydrogen-bond donors (Lipinski definition) is 1. The molecule has 3 aromatic heterocycles. The zero-order chi connectivity index (χ0) is 23.5. The summed E-state index contributed by atoms with van der Waals surface area (Å²) in [5.41, 5.74) is 8.03. The third kappa shape index (κ3) is 3.56. The average molecular weight is 505 g/mol. The van der Waals surface area contributed by atoms with Crippen LogP contribution < -0.4 is 5.73 Å². The molecule has 1 unspecified atom stereocenters. The molecule has 0 saturated heterocycles. The molecule has 33 heavy (non-hydrogen) atoms. The third-order valence-corrected chi connectivity index (χ3v) is 9.20. The SMILES string of the molecule is CN1C(N)=NC(c2sc3c(-c4ccc(-c5ccnn5C)cc4F)nccc3c2Cl)CS1(=O)=O. The summed E-state index contributed by atoms with van der Waals surface area (Å²) in [5.74, 6) is -0.799. The minimum absolute atomic E-state index is 0.102. The molecule has 0 aliphatic carbocycles. The number of thiophene rings is 1. The zero-order valence-corrected chi connectivity index (χ0v) is 19.9. The summed E-state index contributed by atoms with van der Waals surface area (Å²) < 4.78 is 43.4. The fourth-order valence-electron chi connectivity index (χ4n) is 3.81. The van der Waals surface area contributed by atoms with Gasteiger partial charge in [-0.15, -0.1) is 11.3 Å². The van der Waals surface area contributed by atoms with Crippen LogP contribution in [0.15, 0.2) is 47.7 Å². The van der Waals surface area contributed by atoms with Crippen molar-refractivity contribution in [1.29, 1.82) is 0 Å². The van der Waals surface area contributed by atoms with Crippen LogP contribution in [0.2, 0.25) is 5.02 Å². The molecular weight excluding hydrogens is 487 g/mol. The predicted molar refractivity (Wildman–Crippen MR) is 128 cm³/mol. The lowest BCUT2D eigenvalue weighted by atomic mass is 10.0. The van der Waals surface area contributed by atoms with E-state index in [4.69, 9.17) is 17.3 Å². The van der Waals surface area contributed by atoms with Crippen LogP contribution in [0.3, 0.4) is 0 Å². The van der Waals surface area contributed by atoms with E-state index in [-0.39, 0.29) is 11.7 Å². The van der Waals surface area contributed by atoms with Crippen LogP contribution in [-0.2, 0) is 17.1 Å². The predicted octanol–water partition coefficient (Wildman–Crippen LogP) is 3.79. The van der Waals surface area contributed by atoms with E-state index < -0.39 is 21.9 Å². The monoisotopic (exact) mass is 504 g/mol. The van der Waals surface area contributed by atoms with E-state index in [0.29, 0.717) is 36.8 Å². The van der Waals surface area contributed by atoms with Gasteiger partial charge in [0.05, 0.1) is 31.7 Å². The Kier molecular flexibility index (Phi) is 5.15. The van der Waals surface area contributed by atoms with Crippen molar-refractivity contribution < 1.29 is 12.8 Å². The molecule has 8 nitrogen and oxygen atoms in total. The summed E-state index contributed by atoms with van der Waals surface area (Å²) in [7, 11) is -0.471. The summed E-state index contributed by atoms with van der Waals surface area (Å²) in [5, 5.41) is 5.15. The first kappa shape index (κ1) is 21.8. The Hall–Kier alpha value is -3.02. The Morgan fingerprint density at radius 1 is 1.21 bits per heavy atom. The molecule has 0 fully saturated rings. The lowest BCUT2D eigenvalue weighted by molar-refractivity contribution is 0.533. The standard InChI is InChI=1S/C21H18ClFN6O2S2/c1-28-16(6-8-26-28)11-3-4-12(14(23)9-11)18-19-13(5-7-25-18)17(22)20(32-19)15-10-33(30,31)29(2)21(24)27-15/h3-9,15H,10H2,1-2H3,(H2,24,27). The lowest BCUT2D eigenvalue weighted by Crippen LogP contribution is -2.44. The molecule has 1 aromatic carbocycles. The van der Waals surface area contributed by atoms with Crippen LogP contribution in [0.5, 0.6) is 0 Å². The van der Waals surface area contributed by atoms with Crippen molar-refractivity contribution in [2.75, 3.05) is 12.8 Å². The van der Waals surface area contributed by atoms with Crippen molar-refractivity contribution in [2.24, 2.45) is 17.8 Å². The lowest BCUT2D eigenvalue weighted by Gasteiger charge is -2.26. The molecule has 2 N–H and O–H groups in total. The molecule has 0 spiro atoms. The number of guanidine groups is 1. The first-order chi connectivity index (χ1) is 15.7. The van der Waals surface area contributed by atoms with Gasteiger partial charge in [0.15, 0.2) is 0 Å². The number of nitrogens with zero attached hydrogens (tertiary/aromatic N) is 5. The molecule has 4 heterocycles. The van der Waals surface area contributed by atoms with Gasteiger partial charge in [0, 0.05) is 43.0 Å². The Balaban J connectivity index is 1.63. The number of rotatable bonds is 3. The van der Waals surface area contributed by atoms with Crippen molar-refractivity contribution in [3.63, 3.8) is 0 Å². The van der Waals surface area contributed by atoms with E-state index in [1.165, 1.54) is 24.5 Å². The van der Waals surface area contributed by atoms with Crippen molar-refractivity contribution in [3.8, 4) is 22.5 Å². The number of halogens is 2. The largest absolute Gasteiger partial charge is 0.369 e. The van der Waals surface area contributed by atoms with Gasteiger partial charge in [-0.1, -0.05) is 17.7 Å². The van der Waals surface area contributed by atoms with Crippen LogP contribution in [0, 0.1) is 5.82 Å². The highest BCUT2D eigenvalue weighted by molar-refractivity contribution is 7.89. The fourth-order valence-corrected chi connectivity index (χ4v) is 6.80. The number of aliphatic imine (C=N–C) groups is 1. The number of nitrogens with two attached hydrogens (primary N) is 1. The maximum Gasteiger partial charge on any atom is 0.239 e. The van der Waals surface area contributed by atoms with Gasteiger partial charge in [0.2, 0.25) is 16.0 Å². The average Bonchev–Trinajstić information content (AvgIpc) is 3.35. The summed E-state index contributed by atoms with van der Waals surface area (Å²) in [4.78, 5) is 9.28. The number of fused-ring (bicyclic) bond motifs is 1. The smallest absolute Gasteiger partial charge is 0.239 e. The van der Waals surface area contributed by atoms with Crippen LogP contribution in [-0.4, -0.2) is 46.2 Å². The van der Waals surface area contributed by atoms with Gasteiger partial charge in [0.25, 0.3) is 0 Å². The van der Waals surface area contributed by atoms with Crippen LogP contribution in [0.25, 0.3) is 32.6 Å². The number of benzene rings is 1. The van der Waals surface area contributed by atoms with Gasteiger partial charge in [-0.3, -0.25) is 9.67 Å². The van der Waals surface area contributed by atoms with Crippen molar-refractivity contribution in [2.45, 2.75) is 6.04 Å². The molecule has 0 radical (unpaired) electrons. The van der Waals surface area contributed by atoms with E-state index in [1.807, 2.05) is 0 Å². The molecule has 0 amide bonds. The molecule has 0 saturated carbocycles. The number of sulfonamides is 1. The summed E-state index contributed by atoms with van der Waals surface area (Å²) in [6.07, 6.45) is 3.20. The van der Waals surface area contributed by atoms with Gasteiger partial charge in [-0.25, -0.2) is 22.1 Å². The Morgan fingerprint density at radius 2 is 2.00 bits per heavy atom. The maximum absolute atomic E-state index is 15.2. The van der Waals surface area contributed by atoms with Crippen molar-refractivity contribution in [3.05, 3.63) is 58.4 Å². The topological polar surface area (TPSA) is 106 Å². The first-order valence-corrected chi connectivity index (χ1v) is 12.6. The Bertz CT molecular complexity index is 1550. The summed E-state index contributed by atoms with van der Waals surface area (Å²) in [6.45, 7) is 0. The molecule has 1 aliphatic heterocycles. The van der Waals surface area contributed by atoms with Crippen molar-refractivity contribution >= 4 is 49.0 Å². The second-order valence-corrected chi connectivity index (χ2v) is 11.1. The third-order valence-electron chi connectivity index (χ3n) is 5.61. The molecule has 1 aliphatic rings. The molecule has 5 rings (SSSR count). The summed E-state index contributed by atoms with van der Waals surface area (Å²) >= 11 is 7.89. The number of aromatic nitrogens is 3. The van der Waals surface area contributed by atoms with Crippen LogP contribution in [0.1, 0.15) is 10.9 Å². The number of aryl methyl sites for hydroxylation is 1. The Morgan fingerprint density at radius 3 is 2.67 bits per heavy atom. The van der Waals surface area contributed by atoms with E-state index in [2.05, 4.69) is 15.1 Å². The number of pyridine rings is 1. The normalized spacial score (nSPS) is 18.0. The molecule has 4 aromatic rings. The second-order valence-electron chi connectivity index (χ2n) is 7.60. The summed E-state index contributed by atoms with van der Waals surface area (Å²) in [6, 6.07) is 7.70. The van der Waals surface area contributed by atoms with Gasteiger partial charge >= 0.3 is 0 Å². The minimum Gasteiger partial charge on any atom is -0.369 e. The van der Waals surface area contributed by atoms with E-state index >= 15 is 4.39 Å². The molecule has 170 valence electrons. The molecule has 1 atom stereocenters. The quantitative estimate of drug-likeness (QED) is 0.457. The van der Waals surface area contributed by atoms with Gasteiger partial charge in [-0.05, 0) is 24.3 Å². The minimum atomic E-state index is -3.62. The maximum atomic E-state index is 15.2. The van der Waals surface area contributed by atoms with Gasteiger partial charge < -0.3 is 5.73 Å². The highest BCUT2D eigenvalue weighted by atomic mass is 35.5.